The predicted molar refractivity (Wildman–Crippen MR) is 66.4 cm³/mol. The number of carboxylic acids is 1. The van der Waals surface area contributed by atoms with Crippen LogP contribution in [0.4, 0.5) is 5.69 Å². The number of nitrogens with zero attached hydrogens (tertiary/aromatic N) is 1. The Morgan fingerprint density at radius 2 is 2.35 bits per heavy atom. The van der Waals surface area contributed by atoms with Crippen LogP contribution in [-0.4, -0.2) is 23.5 Å². The third-order valence-corrected chi connectivity index (χ3v) is 3.63. The van der Waals surface area contributed by atoms with Crippen molar-refractivity contribution in [2.45, 2.75) is 19.3 Å². The molecule has 0 saturated heterocycles. The van der Waals surface area contributed by atoms with E-state index in [4.69, 9.17) is 5.11 Å². The van der Waals surface area contributed by atoms with Crippen molar-refractivity contribution >= 4 is 28.9 Å². The molecule has 0 saturated carbocycles. The first-order valence-electron chi connectivity index (χ1n) is 5.44. The van der Waals surface area contributed by atoms with E-state index in [1.54, 1.807) is 16.2 Å². The summed E-state index contributed by atoms with van der Waals surface area (Å²) in [5.41, 5.74) is 0.938. The molecule has 5 heteroatoms. The fourth-order valence-corrected chi connectivity index (χ4v) is 2.81. The second-order valence-corrected chi connectivity index (χ2v) is 4.83. The van der Waals surface area contributed by atoms with Gasteiger partial charge in [0.2, 0.25) is 5.91 Å². The van der Waals surface area contributed by atoms with Crippen molar-refractivity contribution in [3.05, 3.63) is 28.5 Å². The van der Waals surface area contributed by atoms with Crippen LogP contribution in [0.2, 0.25) is 0 Å². The lowest BCUT2D eigenvalue weighted by atomic mass is 10.2. The molecule has 0 atom stereocenters. The Bertz CT molecular complexity index is 464. The van der Waals surface area contributed by atoms with E-state index in [0.29, 0.717) is 13.0 Å². The zero-order valence-electron chi connectivity index (χ0n) is 9.26. The number of carboxylic acid groups (broad SMARTS) is 1. The smallest absolute Gasteiger partial charge is 0.328 e. The molecule has 1 aliphatic heterocycles. The Kier molecular flexibility index (Phi) is 3.58. The van der Waals surface area contributed by atoms with Gasteiger partial charge in [-0.25, -0.2) is 4.79 Å². The maximum absolute atomic E-state index is 11.9. The molecule has 2 heterocycles. The van der Waals surface area contributed by atoms with Crippen LogP contribution in [-0.2, 0) is 16.0 Å². The highest BCUT2D eigenvalue weighted by atomic mass is 32.1. The fourth-order valence-electron chi connectivity index (χ4n) is 1.89. The van der Waals surface area contributed by atoms with Gasteiger partial charge in [-0.3, -0.25) is 4.79 Å². The number of carbonyl (C=O) groups is 2. The standard InChI is InChI=1S/C12H13NO3S/c14-11-4-1-3-10-9(6-8-17-10)13(11)7-2-5-12(15)16/h2,5-6,8H,1,3-4,7H2,(H,15,16)/b5-2+. The van der Waals surface area contributed by atoms with Crippen molar-refractivity contribution in [2.75, 3.05) is 11.4 Å². The lowest BCUT2D eigenvalue weighted by Crippen LogP contribution is -2.29. The highest BCUT2D eigenvalue weighted by Gasteiger charge is 2.21. The SMILES string of the molecule is O=C(O)/C=C/CN1C(=O)CCCc2sccc21. The first kappa shape index (κ1) is 11.9. The van der Waals surface area contributed by atoms with Gasteiger partial charge in [0.05, 0.1) is 5.69 Å². The summed E-state index contributed by atoms with van der Waals surface area (Å²) in [6, 6.07) is 1.93. The summed E-state index contributed by atoms with van der Waals surface area (Å²) in [6.45, 7) is 0.328. The van der Waals surface area contributed by atoms with Crippen molar-refractivity contribution in [2.24, 2.45) is 0 Å². The Hall–Kier alpha value is -1.62. The first-order valence-corrected chi connectivity index (χ1v) is 6.32. The van der Waals surface area contributed by atoms with Crippen molar-refractivity contribution in [3.8, 4) is 0 Å². The minimum absolute atomic E-state index is 0.0668. The molecular weight excluding hydrogens is 238 g/mol. The molecule has 17 heavy (non-hydrogen) atoms. The number of anilines is 1. The van der Waals surface area contributed by atoms with Crippen molar-refractivity contribution < 1.29 is 14.7 Å². The van der Waals surface area contributed by atoms with Crippen LogP contribution in [0.1, 0.15) is 17.7 Å². The van der Waals surface area contributed by atoms with Crippen LogP contribution < -0.4 is 4.90 Å². The molecule has 0 unspecified atom stereocenters. The molecule has 1 amide bonds. The Morgan fingerprint density at radius 3 is 3.12 bits per heavy atom. The second-order valence-electron chi connectivity index (χ2n) is 3.83. The van der Waals surface area contributed by atoms with E-state index >= 15 is 0 Å². The van der Waals surface area contributed by atoms with Gasteiger partial charge < -0.3 is 10.0 Å². The number of aliphatic carboxylic acids is 1. The average molecular weight is 251 g/mol. The predicted octanol–water partition coefficient (Wildman–Crippen LogP) is 2.06. The summed E-state index contributed by atoms with van der Waals surface area (Å²) in [4.78, 5) is 25.2. The van der Waals surface area contributed by atoms with E-state index in [0.717, 1.165) is 24.6 Å². The quantitative estimate of drug-likeness (QED) is 0.836. The van der Waals surface area contributed by atoms with Crippen molar-refractivity contribution in [1.29, 1.82) is 0 Å². The molecule has 2 rings (SSSR count). The molecule has 1 aliphatic rings. The van der Waals surface area contributed by atoms with Gasteiger partial charge in [0.15, 0.2) is 0 Å². The zero-order valence-corrected chi connectivity index (χ0v) is 10.1. The van der Waals surface area contributed by atoms with Gasteiger partial charge in [0.1, 0.15) is 0 Å². The number of hydrogen-bond acceptors (Lipinski definition) is 3. The van der Waals surface area contributed by atoms with Crippen LogP contribution in [0.25, 0.3) is 0 Å². The highest BCUT2D eigenvalue weighted by Crippen LogP contribution is 2.31. The normalized spacial score (nSPS) is 16.0. The summed E-state index contributed by atoms with van der Waals surface area (Å²) in [5.74, 6) is -0.921. The van der Waals surface area contributed by atoms with Gasteiger partial charge in [-0.1, -0.05) is 6.08 Å². The van der Waals surface area contributed by atoms with E-state index in [2.05, 4.69) is 0 Å². The van der Waals surface area contributed by atoms with Gasteiger partial charge in [-0.05, 0) is 24.3 Å². The molecule has 1 aromatic rings. The lowest BCUT2D eigenvalue weighted by molar-refractivity contribution is -0.131. The number of amides is 1. The largest absolute Gasteiger partial charge is 0.478 e. The molecule has 1 N–H and O–H groups in total. The highest BCUT2D eigenvalue weighted by molar-refractivity contribution is 7.10. The lowest BCUT2D eigenvalue weighted by Gasteiger charge is -2.18. The van der Waals surface area contributed by atoms with Gasteiger partial charge >= 0.3 is 5.97 Å². The number of carbonyl (C=O) groups excluding carboxylic acids is 1. The number of aryl methyl sites for hydroxylation is 1. The Labute approximate surface area is 103 Å². The molecule has 4 nitrogen and oxygen atoms in total. The van der Waals surface area contributed by atoms with Crippen LogP contribution in [0.5, 0.6) is 0 Å². The maximum atomic E-state index is 11.9. The van der Waals surface area contributed by atoms with Crippen LogP contribution >= 0.6 is 11.3 Å². The molecule has 0 fully saturated rings. The number of thiophene rings is 1. The fraction of sp³-hybridized carbons (Fsp3) is 0.333. The maximum Gasteiger partial charge on any atom is 0.328 e. The van der Waals surface area contributed by atoms with Gasteiger partial charge in [-0.15, -0.1) is 11.3 Å². The van der Waals surface area contributed by atoms with Crippen molar-refractivity contribution in [1.82, 2.24) is 0 Å². The summed E-state index contributed by atoms with van der Waals surface area (Å²) >= 11 is 1.65. The summed E-state index contributed by atoms with van der Waals surface area (Å²) in [5, 5.41) is 10.5. The summed E-state index contributed by atoms with van der Waals surface area (Å²) < 4.78 is 0. The molecule has 1 aromatic heterocycles. The molecule has 0 aliphatic carbocycles. The van der Waals surface area contributed by atoms with E-state index in [9.17, 15) is 9.59 Å². The first-order chi connectivity index (χ1) is 8.18. The van der Waals surface area contributed by atoms with Crippen molar-refractivity contribution in [3.63, 3.8) is 0 Å². The summed E-state index contributed by atoms with van der Waals surface area (Å²) in [6.07, 6.45) is 4.91. The Morgan fingerprint density at radius 1 is 1.53 bits per heavy atom. The van der Waals surface area contributed by atoms with Gasteiger partial charge in [-0.2, -0.15) is 0 Å². The van der Waals surface area contributed by atoms with Gasteiger partial charge in [0.25, 0.3) is 0 Å². The average Bonchev–Trinajstić information content (AvgIpc) is 2.67. The Balaban J connectivity index is 2.19. The number of fused-ring (bicyclic) bond motifs is 1. The second kappa shape index (κ2) is 5.14. The molecule has 0 aromatic carbocycles. The van der Waals surface area contributed by atoms with E-state index < -0.39 is 5.97 Å². The van der Waals surface area contributed by atoms with E-state index in [1.165, 1.54) is 11.0 Å². The van der Waals surface area contributed by atoms with Crippen LogP contribution in [0.3, 0.4) is 0 Å². The van der Waals surface area contributed by atoms with E-state index in [1.807, 2.05) is 11.4 Å². The van der Waals surface area contributed by atoms with Gasteiger partial charge in [0, 0.05) is 23.9 Å². The molecule has 90 valence electrons. The minimum atomic E-state index is -0.988. The molecule has 0 radical (unpaired) electrons. The number of rotatable bonds is 3. The zero-order chi connectivity index (χ0) is 12.3. The third kappa shape index (κ3) is 2.74. The third-order valence-electron chi connectivity index (χ3n) is 2.66. The molecule has 0 bridgehead atoms. The number of hydrogen-bond donors (Lipinski definition) is 1. The molecular formula is C12H13NO3S. The molecule has 0 spiro atoms. The van der Waals surface area contributed by atoms with Crippen LogP contribution in [0.15, 0.2) is 23.6 Å². The van der Waals surface area contributed by atoms with E-state index in [-0.39, 0.29) is 5.91 Å². The monoisotopic (exact) mass is 251 g/mol. The van der Waals surface area contributed by atoms with Crippen LogP contribution in [0, 0.1) is 0 Å². The summed E-state index contributed by atoms with van der Waals surface area (Å²) in [7, 11) is 0. The minimum Gasteiger partial charge on any atom is -0.478 e. The topological polar surface area (TPSA) is 57.6 Å².